The molecule has 2 aromatic heterocycles. The van der Waals surface area contributed by atoms with Crippen LogP contribution in [-0.4, -0.2) is 37.2 Å². The number of ether oxygens (including phenoxy) is 1. The van der Waals surface area contributed by atoms with E-state index in [0.717, 1.165) is 46.4 Å². The van der Waals surface area contributed by atoms with Crippen LogP contribution >= 0.6 is 0 Å². The zero-order valence-corrected chi connectivity index (χ0v) is 22.1. The molecule has 0 amide bonds. The molecule has 1 atom stereocenters. The number of aromatic amines is 1. The molecule has 0 fully saturated rings. The van der Waals surface area contributed by atoms with Crippen molar-refractivity contribution in [3.05, 3.63) is 81.4 Å². The van der Waals surface area contributed by atoms with Crippen molar-refractivity contribution in [2.45, 2.75) is 72.1 Å². The zero-order chi connectivity index (χ0) is 25.9. The van der Waals surface area contributed by atoms with Gasteiger partial charge in [-0.25, -0.2) is 4.68 Å². The second-order valence-electron chi connectivity index (χ2n) is 10.4. The quantitative estimate of drug-likeness (QED) is 0.351. The van der Waals surface area contributed by atoms with Gasteiger partial charge in [0.25, 0.3) is 5.56 Å². The van der Waals surface area contributed by atoms with Crippen molar-refractivity contribution in [1.29, 1.82) is 0 Å². The molecule has 0 spiro atoms. The van der Waals surface area contributed by atoms with Crippen LogP contribution in [0.5, 0.6) is 5.75 Å². The maximum atomic E-state index is 13.2. The van der Waals surface area contributed by atoms with Crippen molar-refractivity contribution in [2.75, 3.05) is 7.11 Å². The zero-order valence-electron chi connectivity index (χ0n) is 22.1. The second-order valence-corrected chi connectivity index (χ2v) is 10.4. The van der Waals surface area contributed by atoms with Crippen LogP contribution in [0.2, 0.25) is 0 Å². The average molecular weight is 489 g/mol. The van der Waals surface area contributed by atoms with E-state index in [2.05, 4.69) is 72.2 Å². The van der Waals surface area contributed by atoms with Crippen molar-refractivity contribution in [1.82, 2.24) is 30.1 Å². The maximum absolute atomic E-state index is 13.2. The number of H-pyrrole nitrogens is 1. The molecule has 0 unspecified atom stereocenters. The number of para-hydroxylation sites is 1. The number of nitrogens with one attached hydrogen (secondary N) is 1. The summed E-state index contributed by atoms with van der Waals surface area (Å²) in [5.74, 6) is 1.61. The topological polar surface area (TPSA) is 88.9 Å². The molecule has 0 aliphatic heterocycles. The van der Waals surface area contributed by atoms with Crippen LogP contribution in [0.15, 0.2) is 53.3 Å². The summed E-state index contributed by atoms with van der Waals surface area (Å²) in [6.45, 7) is 11.5. The molecule has 0 radical (unpaired) electrons. The van der Waals surface area contributed by atoms with Crippen LogP contribution in [0, 0.1) is 6.92 Å². The lowest BCUT2D eigenvalue weighted by atomic mass is 10.0. The van der Waals surface area contributed by atoms with Gasteiger partial charge < -0.3 is 9.72 Å². The van der Waals surface area contributed by atoms with Crippen LogP contribution in [-0.2, 0) is 18.6 Å². The Kier molecular flexibility index (Phi) is 7.54. The van der Waals surface area contributed by atoms with E-state index in [9.17, 15) is 4.79 Å². The minimum Gasteiger partial charge on any atom is -0.496 e. The maximum Gasteiger partial charge on any atom is 0.252 e. The highest BCUT2D eigenvalue weighted by Crippen LogP contribution is 2.32. The van der Waals surface area contributed by atoms with Gasteiger partial charge in [0, 0.05) is 29.7 Å². The van der Waals surface area contributed by atoms with Gasteiger partial charge in [0.2, 0.25) is 0 Å². The lowest BCUT2D eigenvalue weighted by Gasteiger charge is -2.33. The molecule has 190 valence electrons. The smallest absolute Gasteiger partial charge is 0.252 e. The predicted molar refractivity (Wildman–Crippen MR) is 142 cm³/mol. The van der Waals surface area contributed by atoms with E-state index in [1.54, 1.807) is 7.11 Å². The molecule has 0 bridgehead atoms. The van der Waals surface area contributed by atoms with Gasteiger partial charge in [0.1, 0.15) is 5.75 Å². The first-order valence-corrected chi connectivity index (χ1v) is 12.5. The lowest BCUT2D eigenvalue weighted by Crippen LogP contribution is -2.35. The molecule has 4 rings (SSSR count). The summed E-state index contributed by atoms with van der Waals surface area (Å²) in [6, 6.07) is 16.0. The van der Waals surface area contributed by atoms with Gasteiger partial charge in [-0.2, -0.15) is 0 Å². The molecule has 0 aliphatic carbocycles. The number of hydrogen-bond donors (Lipinski definition) is 1. The third-order valence-corrected chi connectivity index (χ3v) is 6.45. The molecular weight excluding hydrogens is 452 g/mol. The minimum atomic E-state index is -0.279. The summed E-state index contributed by atoms with van der Waals surface area (Å²) >= 11 is 0. The van der Waals surface area contributed by atoms with Gasteiger partial charge in [0.05, 0.1) is 18.7 Å². The molecule has 0 saturated heterocycles. The van der Waals surface area contributed by atoms with E-state index < -0.39 is 0 Å². The molecule has 0 saturated carbocycles. The first-order valence-electron chi connectivity index (χ1n) is 12.5. The average Bonchev–Trinajstić information content (AvgIpc) is 3.33. The summed E-state index contributed by atoms with van der Waals surface area (Å²) in [6.07, 6.45) is 1.79. The first-order chi connectivity index (χ1) is 17.2. The van der Waals surface area contributed by atoms with E-state index in [1.807, 2.05) is 41.1 Å². The predicted octanol–water partition coefficient (Wildman–Crippen LogP) is 5.13. The Morgan fingerprint density at radius 2 is 1.83 bits per heavy atom. The molecule has 36 heavy (non-hydrogen) atoms. The van der Waals surface area contributed by atoms with Crippen molar-refractivity contribution in [3.8, 4) is 5.75 Å². The third-order valence-electron chi connectivity index (χ3n) is 6.45. The summed E-state index contributed by atoms with van der Waals surface area (Å²) < 4.78 is 7.56. The Balaban J connectivity index is 1.82. The molecule has 4 aromatic rings. The summed E-state index contributed by atoms with van der Waals surface area (Å²) in [5, 5.41) is 13.9. The van der Waals surface area contributed by atoms with Crippen molar-refractivity contribution in [2.24, 2.45) is 0 Å². The van der Waals surface area contributed by atoms with Crippen molar-refractivity contribution < 1.29 is 4.74 Å². The Labute approximate surface area is 212 Å². The lowest BCUT2D eigenvalue weighted by molar-refractivity contribution is 0.147. The molecule has 2 aromatic carbocycles. The minimum absolute atomic E-state index is 0.0814. The summed E-state index contributed by atoms with van der Waals surface area (Å²) in [7, 11) is 1.68. The molecule has 0 aliphatic rings. The largest absolute Gasteiger partial charge is 0.496 e. The van der Waals surface area contributed by atoms with E-state index in [4.69, 9.17) is 4.74 Å². The number of benzene rings is 2. The van der Waals surface area contributed by atoms with E-state index in [-0.39, 0.29) is 17.1 Å². The SMILES string of the molecule is CCC[C@H](c1nnnn1C(C)(C)C)N(Cc1ccccc1OC)Cc1cc2cc(C)ccc2[nH]c1=O. The molecule has 8 heteroatoms. The molecule has 8 nitrogen and oxygen atoms in total. The highest BCUT2D eigenvalue weighted by molar-refractivity contribution is 5.79. The number of tetrazole rings is 1. The van der Waals surface area contributed by atoms with Gasteiger partial charge in [-0.05, 0) is 74.2 Å². The number of aryl methyl sites for hydroxylation is 1. The third kappa shape index (κ3) is 5.49. The van der Waals surface area contributed by atoms with Crippen LogP contribution in [0.1, 0.15) is 69.1 Å². The number of rotatable bonds is 9. The van der Waals surface area contributed by atoms with E-state index in [0.29, 0.717) is 18.7 Å². The van der Waals surface area contributed by atoms with Crippen LogP contribution in [0.4, 0.5) is 0 Å². The highest BCUT2D eigenvalue weighted by Gasteiger charge is 2.30. The van der Waals surface area contributed by atoms with E-state index in [1.165, 1.54) is 0 Å². The fraction of sp³-hybridized carbons (Fsp3) is 0.429. The van der Waals surface area contributed by atoms with Crippen LogP contribution < -0.4 is 10.3 Å². The number of fused-ring (bicyclic) bond motifs is 1. The molecule has 1 N–H and O–H groups in total. The standard InChI is InChI=1S/C28H36N6O2/c1-7-10-24(26-30-31-32-34(26)28(3,4)5)33(17-20-11-8-9-12-25(20)36-6)18-22-16-21-15-19(2)13-14-23(21)29-27(22)35/h8-9,11-16,24H,7,10,17-18H2,1-6H3,(H,29,35)/t24-/m1/s1. The normalized spacial score (nSPS) is 12.9. The molecular formula is C28H36N6O2. The Morgan fingerprint density at radius 3 is 2.56 bits per heavy atom. The number of pyridine rings is 1. The summed E-state index contributed by atoms with van der Waals surface area (Å²) in [5.41, 5.74) is 3.38. The fourth-order valence-electron chi connectivity index (χ4n) is 4.66. The van der Waals surface area contributed by atoms with E-state index >= 15 is 0 Å². The summed E-state index contributed by atoms with van der Waals surface area (Å²) in [4.78, 5) is 18.5. The fourth-order valence-corrected chi connectivity index (χ4v) is 4.66. The molecule has 2 heterocycles. The van der Waals surface area contributed by atoms with Crippen LogP contribution in [0.25, 0.3) is 10.9 Å². The number of methoxy groups -OCH3 is 1. The number of hydrogen-bond acceptors (Lipinski definition) is 6. The highest BCUT2D eigenvalue weighted by atomic mass is 16.5. The number of aromatic nitrogens is 5. The van der Waals surface area contributed by atoms with Gasteiger partial charge >= 0.3 is 0 Å². The van der Waals surface area contributed by atoms with Gasteiger partial charge in [0.15, 0.2) is 5.82 Å². The van der Waals surface area contributed by atoms with Gasteiger partial charge in [-0.15, -0.1) is 5.10 Å². The Hall–Kier alpha value is -3.52. The second kappa shape index (κ2) is 10.6. The van der Waals surface area contributed by atoms with Gasteiger partial charge in [-0.3, -0.25) is 9.69 Å². The first kappa shape index (κ1) is 25.6. The number of nitrogens with zero attached hydrogens (tertiary/aromatic N) is 5. The van der Waals surface area contributed by atoms with Gasteiger partial charge in [-0.1, -0.05) is 43.2 Å². The Morgan fingerprint density at radius 1 is 1.08 bits per heavy atom. The monoisotopic (exact) mass is 488 g/mol. The Bertz CT molecular complexity index is 1380. The van der Waals surface area contributed by atoms with Crippen LogP contribution in [0.3, 0.4) is 0 Å². The van der Waals surface area contributed by atoms with Crippen molar-refractivity contribution >= 4 is 10.9 Å². The van der Waals surface area contributed by atoms with Crippen molar-refractivity contribution in [3.63, 3.8) is 0 Å².